The molecule has 0 radical (unpaired) electrons. The summed E-state index contributed by atoms with van der Waals surface area (Å²) in [6.45, 7) is 3.08. The second kappa shape index (κ2) is 6.96. The molecule has 2 spiro atoms. The van der Waals surface area contributed by atoms with Crippen molar-refractivity contribution in [2.75, 3.05) is 11.9 Å². The van der Waals surface area contributed by atoms with Gasteiger partial charge >= 0.3 is 0 Å². The van der Waals surface area contributed by atoms with E-state index in [0.717, 1.165) is 30.6 Å². The number of carbonyl (C=O) groups excluding carboxylic acids is 1. The Labute approximate surface area is 211 Å². The second-order valence-electron chi connectivity index (χ2n) is 10.9. The fraction of sp³-hybridized carbons (Fsp3) is 0.242. The summed E-state index contributed by atoms with van der Waals surface area (Å²) in [4.78, 5) is 17.3. The molecule has 3 heteroatoms. The van der Waals surface area contributed by atoms with E-state index < -0.39 is 11.0 Å². The molecule has 36 heavy (non-hydrogen) atoms. The van der Waals surface area contributed by atoms with Gasteiger partial charge in [0.1, 0.15) is 5.54 Å². The number of aryl methyl sites for hydroxylation is 1. The third-order valence-corrected chi connectivity index (χ3v) is 9.48. The van der Waals surface area contributed by atoms with Crippen LogP contribution in [0.4, 0.5) is 5.69 Å². The average Bonchev–Trinajstić information content (AvgIpc) is 3.63. The quantitative estimate of drug-likeness (QED) is 0.352. The second-order valence-corrected chi connectivity index (χ2v) is 10.9. The summed E-state index contributed by atoms with van der Waals surface area (Å²) in [6, 6.07) is 35.5. The van der Waals surface area contributed by atoms with Gasteiger partial charge in [-0.2, -0.15) is 0 Å². The summed E-state index contributed by atoms with van der Waals surface area (Å²) in [6.07, 6.45) is 2.21. The van der Waals surface area contributed by atoms with Crippen molar-refractivity contribution in [3.05, 3.63) is 125 Å². The van der Waals surface area contributed by atoms with Crippen LogP contribution in [0.2, 0.25) is 0 Å². The molecule has 1 N–H and O–H groups in total. The van der Waals surface area contributed by atoms with E-state index in [1.165, 1.54) is 33.4 Å². The van der Waals surface area contributed by atoms with Gasteiger partial charge in [0.2, 0.25) is 0 Å². The molecular formula is C33H28N2O. The molecule has 3 heterocycles. The molecule has 8 rings (SSSR count). The van der Waals surface area contributed by atoms with Gasteiger partial charge in [-0.05, 0) is 60.2 Å². The third-order valence-electron chi connectivity index (χ3n) is 9.48. The van der Waals surface area contributed by atoms with Crippen molar-refractivity contribution in [2.24, 2.45) is 0 Å². The van der Waals surface area contributed by atoms with Gasteiger partial charge in [0.25, 0.3) is 5.91 Å². The van der Waals surface area contributed by atoms with Gasteiger partial charge in [-0.3, -0.25) is 9.69 Å². The number of fused-ring (bicyclic) bond motifs is 10. The number of hydrogen-bond acceptors (Lipinski definition) is 2. The van der Waals surface area contributed by atoms with Crippen molar-refractivity contribution in [3.63, 3.8) is 0 Å². The minimum atomic E-state index is -0.803. The van der Waals surface area contributed by atoms with E-state index in [-0.39, 0.29) is 17.9 Å². The Hall–Kier alpha value is -3.69. The molecule has 1 unspecified atom stereocenters. The molecule has 0 bridgehead atoms. The molecule has 4 aromatic carbocycles. The molecular weight excluding hydrogens is 440 g/mol. The molecule has 4 aliphatic rings. The molecule has 2 fully saturated rings. The number of anilines is 1. The highest BCUT2D eigenvalue weighted by atomic mass is 16.2. The standard InChI is InChI=1S/C33H28N2O/c1-21-16-18-22(19-17-21)30-29-15-8-20-35(29)33(27-13-6-7-14-28(27)34-31(33)36)32(30)25-11-4-2-9-23(25)24-10-3-5-12-26(24)32/h2-7,9-14,16-19,29-30H,8,15,20H2,1H3,(H,34,36)/t29?,30-,33-/m0/s1. The van der Waals surface area contributed by atoms with Crippen LogP contribution in [0.1, 0.15) is 46.6 Å². The molecule has 3 atom stereocenters. The largest absolute Gasteiger partial charge is 0.324 e. The molecule has 0 saturated carbocycles. The van der Waals surface area contributed by atoms with E-state index in [2.05, 4.69) is 108 Å². The fourth-order valence-electron chi connectivity index (χ4n) is 8.45. The van der Waals surface area contributed by atoms with Gasteiger partial charge in [-0.25, -0.2) is 0 Å². The minimum absolute atomic E-state index is 0.122. The Balaban J connectivity index is 1.58. The van der Waals surface area contributed by atoms with Crippen molar-refractivity contribution < 1.29 is 4.79 Å². The molecule has 1 aliphatic carbocycles. The van der Waals surface area contributed by atoms with Crippen LogP contribution < -0.4 is 5.32 Å². The number of benzene rings is 4. The summed E-state index contributed by atoms with van der Waals surface area (Å²) in [5.74, 6) is 0.277. The zero-order chi connectivity index (χ0) is 24.1. The number of hydrogen-bond donors (Lipinski definition) is 1. The summed E-state index contributed by atoms with van der Waals surface area (Å²) in [5.41, 5.74) is 8.46. The Morgan fingerprint density at radius 2 is 1.39 bits per heavy atom. The predicted molar refractivity (Wildman–Crippen MR) is 143 cm³/mol. The van der Waals surface area contributed by atoms with Crippen LogP contribution in [0.25, 0.3) is 11.1 Å². The van der Waals surface area contributed by atoms with Gasteiger partial charge in [-0.15, -0.1) is 0 Å². The maximum Gasteiger partial charge on any atom is 0.250 e. The lowest BCUT2D eigenvalue weighted by atomic mass is 9.55. The van der Waals surface area contributed by atoms with Gasteiger partial charge in [-0.1, -0.05) is 96.6 Å². The van der Waals surface area contributed by atoms with Crippen LogP contribution in [0, 0.1) is 6.92 Å². The zero-order valence-electron chi connectivity index (χ0n) is 20.4. The van der Waals surface area contributed by atoms with Crippen LogP contribution in [0.5, 0.6) is 0 Å². The monoisotopic (exact) mass is 468 g/mol. The minimum Gasteiger partial charge on any atom is -0.324 e. The Morgan fingerprint density at radius 3 is 2.08 bits per heavy atom. The third kappa shape index (κ3) is 2.14. The average molecular weight is 469 g/mol. The summed E-state index contributed by atoms with van der Waals surface area (Å²) < 4.78 is 0. The van der Waals surface area contributed by atoms with Crippen LogP contribution >= 0.6 is 0 Å². The Morgan fingerprint density at radius 1 is 0.778 bits per heavy atom. The number of nitrogens with one attached hydrogen (secondary N) is 1. The molecule has 1 amide bonds. The van der Waals surface area contributed by atoms with Crippen molar-refractivity contribution in [2.45, 2.75) is 42.7 Å². The molecule has 3 aliphatic heterocycles. The zero-order valence-corrected chi connectivity index (χ0v) is 20.4. The van der Waals surface area contributed by atoms with E-state index in [9.17, 15) is 4.79 Å². The lowest BCUT2D eigenvalue weighted by molar-refractivity contribution is -0.128. The first-order valence-electron chi connectivity index (χ1n) is 13.1. The van der Waals surface area contributed by atoms with E-state index in [1.54, 1.807) is 0 Å². The van der Waals surface area contributed by atoms with E-state index in [1.807, 2.05) is 6.07 Å². The number of rotatable bonds is 1. The highest BCUT2D eigenvalue weighted by Gasteiger charge is 2.77. The molecule has 176 valence electrons. The molecule has 4 aromatic rings. The lowest BCUT2D eigenvalue weighted by Crippen LogP contribution is -2.58. The van der Waals surface area contributed by atoms with Crippen molar-refractivity contribution in [3.8, 4) is 11.1 Å². The van der Waals surface area contributed by atoms with E-state index >= 15 is 0 Å². The van der Waals surface area contributed by atoms with Crippen molar-refractivity contribution in [1.29, 1.82) is 0 Å². The van der Waals surface area contributed by atoms with E-state index in [4.69, 9.17) is 0 Å². The van der Waals surface area contributed by atoms with Crippen molar-refractivity contribution >= 4 is 11.6 Å². The summed E-state index contributed by atoms with van der Waals surface area (Å²) in [7, 11) is 0. The Bertz CT molecular complexity index is 1510. The number of nitrogens with zero attached hydrogens (tertiary/aromatic N) is 1. The topological polar surface area (TPSA) is 32.3 Å². The first kappa shape index (κ1) is 20.5. The number of para-hydroxylation sites is 1. The summed E-state index contributed by atoms with van der Waals surface area (Å²) in [5, 5.41) is 3.36. The maximum atomic E-state index is 14.7. The lowest BCUT2D eigenvalue weighted by Gasteiger charge is -2.47. The van der Waals surface area contributed by atoms with Crippen LogP contribution in [-0.2, 0) is 15.7 Å². The van der Waals surface area contributed by atoms with Gasteiger partial charge in [0.05, 0.1) is 5.41 Å². The fourth-order valence-corrected chi connectivity index (χ4v) is 8.45. The van der Waals surface area contributed by atoms with Gasteiger partial charge < -0.3 is 5.32 Å². The van der Waals surface area contributed by atoms with Gasteiger partial charge in [0.15, 0.2) is 0 Å². The van der Waals surface area contributed by atoms with E-state index in [0.29, 0.717) is 0 Å². The van der Waals surface area contributed by atoms with Gasteiger partial charge in [0, 0.05) is 23.2 Å². The van der Waals surface area contributed by atoms with Crippen LogP contribution in [-0.4, -0.2) is 23.4 Å². The highest BCUT2D eigenvalue weighted by Crippen LogP contribution is 2.73. The smallest absolute Gasteiger partial charge is 0.250 e. The SMILES string of the molecule is Cc1ccc([C@H]2C3CCCN3[C@@]3(C(=O)Nc4ccccc43)C23c2ccccc2-c2ccccc23)cc1. The molecule has 3 nitrogen and oxygen atoms in total. The predicted octanol–water partition coefficient (Wildman–Crippen LogP) is 6.37. The normalized spacial score (nSPS) is 26.6. The van der Waals surface area contributed by atoms with Crippen molar-refractivity contribution in [1.82, 2.24) is 4.90 Å². The summed E-state index contributed by atoms with van der Waals surface area (Å²) >= 11 is 0. The molecule has 2 saturated heterocycles. The Kier molecular flexibility index (Phi) is 3.96. The number of carbonyl (C=O) groups is 1. The number of amides is 1. The van der Waals surface area contributed by atoms with Crippen LogP contribution in [0.3, 0.4) is 0 Å². The molecule has 0 aromatic heterocycles. The first-order chi connectivity index (χ1) is 17.7. The van der Waals surface area contributed by atoms with Crippen LogP contribution in [0.15, 0.2) is 97.1 Å². The first-order valence-corrected chi connectivity index (χ1v) is 13.1. The maximum absolute atomic E-state index is 14.7. The highest BCUT2D eigenvalue weighted by molar-refractivity contribution is 6.10.